The van der Waals surface area contributed by atoms with Gasteiger partial charge in [-0.05, 0) is 30.7 Å². The van der Waals surface area contributed by atoms with Crippen molar-refractivity contribution in [3.8, 4) is 0 Å². The Labute approximate surface area is 76.0 Å². The Morgan fingerprint density at radius 3 is 3.00 bits per heavy atom. The lowest BCUT2D eigenvalue weighted by molar-refractivity contribution is -0.117. The molecule has 0 unspecified atom stereocenters. The maximum absolute atomic E-state index is 12.8. The smallest absolute Gasteiger partial charge is 0.231 e. The minimum atomic E-state index is -0.274. The van der Waals surface area contributed by atoms with Gasteiger partial charge in [-0.15, -0.1) is 0 Å². The normalized spacial score (nSPS) is 14.9. The second kappa shape index (κ2) is 2.83. The number of rotatable bonds is 1. The summed E-state index contributed by atoms with van der Waals surface area (Å²) in [5.41, 5.74) is 1.65. The van der Waals surface area contributed by atoms with Gasteiger partial charge in [0.05, 0.1) is 6.42 Å². The molecule has 1 heterocycles. The Hall–Kier alpha value is -1.38. The Morgan fingerprint density at radius 1 is 1.54 bits per heavy atom. The van der Waals surface area contributed by atoms with Gasteiger partial charge in [0.2, 0.25) is 5.91 Å². The van der Waals surface area contributed by atoms with Crippen molar-refractivity contribution in [1.82, 2.24) is 0 Å². The first-order valence-corrected chi connectivity index (χ1v) is 4.31. The van der Waals surface area contributed by atoms with Crippen molar-refractivity contribution in [2.75, 3.05) is 11.4 Å². The van der Waals surface area contributed by atoms with E-state index in [-0.39, 0.29) is 11.7 Å². The molecule has 1 aliphatic heterocycles. The van der Waals surface area contributed by atoms with E-state index < -0.39 is 0 Å². The highest BCUT2D eigenvalue weighted by Gasteiger charge is 2.25. The summed E-state index contributed by atoms with van der Waals surface area (Å²) in [6, 6.07) is 4.49. The third kappa shape index (κ3) is 1.20. The molecule has 0 bridgehead atoms. The molecular weight excluding hydrogens is 169 g/mol. The Morgan fingerprint density at radius 2 is 2.31 bits per heavy atom. The summed E-state index contributed by atoms with van der Waals surface area (Å²) < 4.78 is 12.8. The SMILES string of the molecule is CCN1C(=O)Cc2cc(F)ccc21. The van der Waals surface area contributed by atoms with Crippen LogP contribution in [-0.4, -0.2) is 12.5 Å². The molecule has 0 saturated heterocycles. The average Bonchev–Trinajstić information content (AvgIpc) is 2.39. The molecule has 13 heavy (non-hydrogen) atoms. The van der Waals surface area contributed by atoms with Crippen molar-refractivity contribution in [3.05, 3.63) is 29.6 Å². The molecule has 1 aromatic rings. The van der Waals surface area contributed by atoms with Crippen LogP contribution in [-0.2, 0) is 11.2 Å². The van der Waals surface area contributed by atoms with Crippen molar-refractivity contribution in [1.29, 1.82) is 0 Å². The number of anilines is 1. The van der Waals surface area contributed by atoms with Gasteiger partial charge in [-0.1, -0.05) is 0 Å². The molecule has 0 spiro atoms. The van der Waals surface area contributed by atoms with Gasteiger partial charge < -0.3 is 4.90 Å². The van der Waals surface area contributed by atoms with Crippen molar-refractivity contribution in [2.45, 2.75) is 13.3 Å². The monoisotopic (exact) mass is 179 g/mol. The van der Waals surface area contributed by atoms with Gasteiger partial charge >= 0.3 is 0 Å². The first-order valence-electron chi connectivity index (χ1n) is 4.31. The molecule has 2 rings (SSSR count). The standard InChI is InChI=1S/C10H10FNO/c1-2-12-9-4-3-8(11)5-7(9)6-10(12)13/h3-5H,2,6H2,1H3. The fourth-order valence-electron chi connectivity index (χ4n) is 1.70. The summed E-state index contributed by atoms with van der Waals surface area (Å²) in [5, 5.41) is 0. The van der Waals surface area contributed by atoms with Gasteiger partial charge in [-0.25, -0.2) is 4.39 Å². The van der Waals surface area contributed by atoms with E-state index in [4.69, 9.17) is 0 Å². The molecule has 1 aliphatic rings. The number of hydrogen-bond donors (Lipinski definition) is 0. The Bertz CT molecular complexity index is 362. The fourth-order valence-corrected chi connectivity index (χ4v) is 1.70. The molecular formula is C10H10FNO. The van der Waals surface area contributed by atoms with E-state index in [0.717, 1.165) is 11.3 Å². The zero-order chi connectivity index (χ0) is 9.42. The van der Waals surface area contributed by atoms with Crippen molar-refractivity contribution in [2.24, 2.45) is 0 Å². The third-order valence-electron chi connectivity index (χ3n) is 2.29. The highest BCUT2D eigenvalue weighted by molar-refractivity contribution is 6.01. The van der Waals surface area contributed by atoms with Gasteiger partial charge in [-0.3, -0.25) is 4.79 Å². The largest absolute Gasteiger partial charge is 0.312 e. The average molecular weight is 179 g/mol. The number of fused-ring (bicyclic) bond motifs is 1. The number of halogens is 1. The van der Waals surface area contributed by atoms with E-state index in [0.29, 0.717) is 13.0 Å². The molecule has 3 heteroatoms. The number of benzene rings is 1. The third-order valence-corrected chi connectivity index (χ3v) is 2.29. The van der Waals surface area contributed by atoms with Crippen LogP contribution < -0.4 is 4.90 Å². The molecule has 2 nitrogen and oxygen atoms in total. The predicted octanol–water partition coefficient (Wildman–Crippen LogP) is 1.73. The molecule has 68 valence electrons. The summed E-state index contributed by atoms with van der Waals surface area (Å²) >= 11 is 0. The molecule has 0 N–H and O–H groups in total. The summed E-state index contributed by atoms with van der Waals surface area (Å²) in [7, 11) is 0. The second-order valence-corrected chi connectivity index (χ2v) is 3.09. The van der Waals surface area contributed by atoms with Crippen LogP contribution in [0.2, 0.25) is 0 Å². The Balaban J connectivity index is 2.48. The first kappa shape index (κ1) is 8.23. The summed E-state index contributed by atoms with van der Waals surface area (Å²) in [5.74, 6) is -0.215. The lowest BCUT2D eigenvalue weighted by Gasteiger charge is -2.13. The minimum Gasteiger partial charge on any atom is -0.312 e. The van der Waals surface area contributed by atoms with Crippen LogP contribution >= 0.6 is 0 Å². The highest BCUT2D eigenvalue weighted by Crippen LogP contribution is 2.28. The molecule has 1 aromatic carbocycles. The summed E-state index contributed by atoms with van der Waals surface area (Å²) in [4.78, 5) is 13.1. The van der Waals surface area contributed by atoms with Gasteiger partial charge in [0.1, 0.15) is 5.82 Å². The van der Waals surface area contributed by atoms with E-state index in [1.54, 1.807) is 11.0 Å². The lowest BCUT2D eigenvalue weighted by atomic mass is 10.1. The quantitative estimate of drug-likeness (QED) is 0.643. The van der Waals surface area contributed by atoms with Crippen LogP contribution in [0.3, 0.4) is 0 Å². The summed E-state index contributed by atoms with van der Waals surface area (Å²) in [6.07, 6.45) is 0.334. The maximum atomic E-state index is 12.8. The van der Waals surface area contributed by atoms with Gasteiger partial charge in [0.25, 0.3) is 0 Å². The van der Waals surface area contributed by atoms with Crippen LogP contribution in [0.1, 0.15) is 12.5 Å². The minimum absolute atomic E-state index is 0.0584. The topological polar surface area (TPSA) is 20.3 Å². The van der Waals surface area contributed by atoms with E-state index in [1.807, 2.05) is 6.92 Å². The van der Waals surface area contributed by atoms with Gasteiger partial charge in [0.15, 0.2) is 0 Å². The predicted molar refractivity (Wildman–Crippen MR) is 48.1 cm³/mol. The zero-order valence-electron chi connectivity index (χ0n) is 7.38. The van der Waals surface area contributed by atoms with E-state index in [2.05, 4.69) is 0 Å². The van der Waals surface area contributed by atoms with Crippen molar-refractivity contribution < 1.29 is 9.18 Å². The number of carbonyl (C=O) groups excluding carboxylic acids is 1. The number of carbonyl (C=O) groups is 1. The zero-order valence-corrected chi connectivity index (χ0v) is 7.38. The van der Waals surface area contributed by atoms with Crippen LogP contribution in [0.4, 0.5) is 10.1 Å². The van der Waals surface area contributed by atoms with E-state index >= 15 is 0 Å². The molecule has 0 aromatic heterocycles. The number of amides is 1. The Kier molecular flexibility index (Phi) is 1.79. The lowest BCUT2D eigenvalue weighted by Crippen LogP contribution is -2.25. The number of hydrogen-bond acceptors (Lipinski definition) is 1. The number of nitrogens with zero attached hydrogens (tertiary/aromatic N) is 1. The summed E-state index contributed by atoms with van der Waals surface area (Å²) in [6.45, 7) is 2.56. The van der Waals surface area contributed by atoms with Crippen molar-refractivity contribution >= 4 is 11.6 Å². The van der Waals surface area contributed by atoms with Crippen LogP contribution in [0.25, 0.3) is 0 Å². The molecule has 0 radical (unpaired) electrons. The van der Waals surface area contributed by atoms with Crippen LogP contribution in [0, 0.1) is 5.82 Å². The van der Waals surface area contributed by atoms with Crippen LogP contribution in [0.15, 0.2) is 18.2 Å². The maximum Gasteiger partial charge on any atom is 0.231 e. The van der Waals surface area contributed by atoms with Crippen molar-refractivity contribution in [3.63, 3.8) is 0 Å². The van der Waals surface area contributed by atoms with Crippen LogP contribution in [0.5, 0.6) is 0 Å². The fraction of sp³-hybridized carbons (Fsp3) is 0.300. The van der Waals surface area contributed by atoms with Gasteiger partial charge in [-0.2, -0.15) is 0 Å². The highest BCUT2D eigenvalue weighted by atomic mass is 19.1. The molecule has 0 aliphatic carbocycles. The molecule has 0 fully saturated rings. The molecule has 1 amide bonds. The number of likely N-dealkylation sites (N-methyl/N-ethyl adjacent to an activating group) is 1. The van der Waals surface area contributed by atoms with E-state index in [1.165, 1.54) is 12.1 Å². The van der Waals surface area contributed by atoms with Gasteiger partial charge in [0, 0.05) is 12.2 Å². The second-order valence-electron chi connectivity index (χ2n) is 3.09. The van der Waals surface area contributed by atoms with E-state index in [9.17, 15) is 9.18 Å². The molecule has 0 saturated carbocycles. The molecule has 0 atom stereocenters. The first-order chi connectivity index (χ1) is 6.22.